The van der Waals surface area contributed by atoms with Gasteiger partial charge in [0.25, 0.3) is 5.91 Å². The molecule has 35 heavy (non-hydrogen) atoms. The third-order valence-electron chi connectivity index (χ3n) is 5.87. The number of amides is 2. The van der Waals surface area contributed by atoms with E-state index in [1.54, 1.807) is 24.0 Å². The Balaban J connectivity index is 1.74. The molecule has 0 unspecified atom stereocenters. The van der Waals surface area contributed by atoms with Crippen molar-refractivity contribution in [3.8, 4) is 5.75 Å². The molecule has 0 saturated carbocycles. The van der Waals surface area contributed by atoms with Gasteiger partial charge in [0.15, 0.2) is 11.4 Å². The molecule has 0 radical (unpaired) electrons. The molecule has 0 bridgehead atoms. The van der Waals surface area contributed by atoms with Gasteiger partial charge < -0.3 is 24.0 Å². The summed E-state index contributed by atoms with van der Waals surface area (Å²) in [5.74, 6) is 0.352. The monoisotopic (exact) mass is 474 g/mol. The van der Waals surface area contributed by atoms with Crippen molar-refractivity contribution in [1.29, 1.82) is 0 Å². The van der Waals surface area contributed by atoms with E-state index in [-0.39, 0.29) is 11.4 Å². The zero-order valence-electron chi connectivity index (χ0n) is 20.7. The number of benzene rings is 2. The Kier molecular flexibility index (Phi) is 6.91. The molecule has 2 heterocycles. The van der Waals surface area contributed by atoms with Crippen LogP contribution in [-0.4, -0.2) is 39.7 Å². The van der Waals surface area contributed by atoms with Crippen molar-refractivity contribution < 1.29 is 18.8 Å². The summed E-state index contributed by atoms with van der Waals surface area (Å²) in [6.07, 6.45) is 1.49. The van der Waals surface area contributed by atoms with E-state index in [1.165, 1.54) is 16.7 Å². The van der Waals surface area contributed by atoms with Crippen molar-refractivity contribution in [2.45, 2.75) is 41.2 Å². The van der Waals surface area contributed by atoms with Gasteiger partial charge in [-0.2, -0.15) is 0 Å². The number of fused-ring (bicyclic) bond motifs is 1. The fraction of sp³-hybridized carbons (Fsp3) is 0.296. The van der Waals surface area contributed by atoms with Crippen LogP contribution in [0.5, 0.6) is 5.75 Å². The fourth-order valence-electron chi connectivity index (χ4n) is 4.25. The number of carbonyl (C=O) groups is 2. The van der Waals surface area contributed by atoms with Crippen LogP contribution in [0.4, 0.5) is 10.5 Å². The number of aryl methyl sites for hydroxylation is 3. The maximum Gasteiger partial charge on any atom is 0.415 e. The smallest absolute Gasteiger partial charge is 0.408 e. The van der Waals surface area contributed by atoms with Gasteiger partial charge in [-0.15, -0.1) is 0 Å². The van der Waals surface area contributed by atoms with Crippen LogP contribution in [0.2, 0.25) is 0 Å². The number of hydrogen-bond acceptors (Lipinski definition) is 5. The third-order valence-corrected chi connectivity index (χ3v) is 5.87. The summed E-state index contributed by atoms with van der Waals surface area (Å²) in [6.45, 7) is 11.4. The van der Waals surface area contributed by atoms with Crippen molar-refractivity contribution >= 4 is 28.6 Å². The zero-order chi connectivity index (χ0) is 25.1. The summed E-state index contributed by atoms with van der Waals surface area (Å²) < 4.78 is 12.9. The van der Waals surface area contributed by atoms with E-state index < -0.39 is 12.0 Å². The molecule has 2 aromatic carbocycles. The molecule has 0 atom stereocenters. The number of anilines is 1. The Morgan fingerprint density at radius 1 is 1.03 bits per heavy atom. The lowest BCUT2D eigenvalue weighted by atomic mass is 10.1. The zero-order valence-corrected chi connectivity index (χ0v) is 20.7. The molecule has 4 rings (SSSR count). The SMILES string of the molecule is CCN(CC)C(=O)Oc1ccc2c(ccn2Cc2cc(C)cc(C)c2)c1NC(=O)c1cc(C)on1. The molecule has 0 aliphatic carbocycles. The number of carbonyl (C=O) groups excluding carboxylic acids is 2. The van der Waals surface area contributed by atoms with E-state index in [1.807, 2.05) is 32.2 Å². The van der Waals surface area contributed by atoms with Crippen molar-refractivity contribution in [2.75, 3.05) is 18.4 Å². The molecule has 0 saturated heterocycles. The maximum absolute atomic E-state index is 12.9. The quantitative estimate of drug-likeness (QED) is 0.371. The second-order valence-corrected chi connectivity index (χ2v) is 8.63. The van der Waals surface area contributed by atoms with Crippen LogP contribution in [0.3, 0.4) is 0 Å². The van der Waals surface area contributed by atoms with Gasteiger partial charge in [0, 0.05) is 37.3 Å². The Bertz CT molecular complexity index is 1360. The van der Waals surface area contributed by atoms with Gasteiger partial charge >= 0.3 is 6.09 Å². The number of hydrogen-bond donors (Lipinski definition) is 1. The highest BCUT2D eigenvalue weighted by Crippen LogP contribution is 2.35. The molecule has 4 aromatic rings. The lowest BCUT2D eigenvalue weighted by molar-refractivity contribution is 0.101. The first-order chi connectivity index (χ1) is 16.8. The second kappa shape index (κ2) is 10.0. The standard InChI is InChI=1S/C27H30N4O4/c1-6-30(7-2)27(33)34-24-9-8-23-21(25(24)28-26(32)22-15-19(5)35-29-22)10-11-31(23)16-20-13-17(3)12-18(4)14-20/h8-15H,6-7,16H2,1-5H3,(H,28,32). The van der Waals surface area contributed by atoms with Crippen LogP contribution in [0, 0.1) is 20.8 Å². The van der Waals surface area contributed by atoms with Crippen LogP contribution >= 0.6 is 0 Å². The molecule has 1 N–H and O–H groups in total. The molecule has 0 aliphatic heterocycles. The first kappa shape index (κ1) is 24.1. The highest BCUT2D eigenvalue weighted by molar-refractivity contribution is 6.10. The number of nitrogens with zero attached hydrogens (tertiary/aromatic N) is 3. The van der Waals surface area contributed by atoms with Gasteiger partial charge in [0.05, 0.1) is 11.2 Å². The second-order valence-electron chi connectivity index (χ2n) is 8.63. The van der Waals surface area contributed by atoms with Crippen molar-refractivity contribution in [3.05, 3.63) is 76.8 Å². The molecular formula is C27H30N4O4. The van der Waals surface area contributed by atoms with E-state index in [0.717, 1.165) is 10.9 Å². The van der Waals surface area contributed by atoms with Gasteiger partial charge in [0.1, 0.15) is 5.76 Å². The molecule has 0 fully saturated rings. The number of rotatable bonds is 7. The summed E-state index contributed by atoms with van der Waals surface area (Å²) in [4.78, 5) is 27.2. The van der Waals surface area contributed by atoms with Crippen LogP contribution in [0.15, 0.2) is 53.2 Å². The van der Waals surface area contributed by atoms with Crippen LogP contribution in [0.25, 0.3) is 10.9 Å². The molecular weight excluding hydrogens is 444 g/mol. The van der Waals surface area contributed by atoms with E-state index in [4.69, 9.17) is 9.26 Å². The molecule has 0 aliphatic rings. The number of ether oxygens (including phenoxy) is 1. The largest absolute Gasteiger partial charge is 0.415 e. The van der Waals surface area contributed by atoms with E-state index in [2.05, 4.69) is 47.1 Å². The lowest BCUT2D eigenvalue weighted by Crippen LogP contribution is -2.33. The first-order valence-corrected chi connectivity index (χ1v) is 11.7. The van der Waals surface area contributed by atoms with Crippen LogP contribution in [-0.2, 0) is 6.54 Å². The van der Waals surface area contributed by atoms with Gasteiger partial charge in [-0.05, 0) is 58.4 Å². The van der Waals surface area contributed by atoms with Gasteiger partial charge in [-0.3, -0.25) is 4.79 Å². The Morgan fingerprint density at radius 2 is 1.74 bits per heavy atom. The molecule has 2 amide bonds. The van der Waals surface area contributed by atoms with Gasteiger partial charge in [-0.25, -0.2) is 4.79 Å². The van der Waals surface area contributed by atoms with Gasteiger partial charge in [0.2, 0.25) is 0 Å². The van der Waals surface area contributed by atoms with Gasteiger partial charge in [-0.1, -0.05) is 34.5 Å². The van der Waals surface area contributed by atoms with Crippen LogP contribution in [0.1, 0.15) is 46.8 Å². The Morgan fingerprint density at radius 3 is 2.37 bits per heavy atom. The first-order valence-electron chi connectivity index (χ1n) is 11.7. The summed E-state index contributed by atoms with van der Waals surface area (Å²) in [5, 5.41) is 7.45. The minimum absolute atomic E-state index is 0.148. The molecule has 182 valence electrons. The fourth-order valence-corrected chi connectivity index (χ4v) is 4.25. The molecule has 2 aromatic heterocycles. The summed E-state index contributed by atoms with van der Waals surface area (Å²) >= 11 is 0. The predicted molar refractivity (Wildman–Crippen MR) is 135 cm³/mol. The topological polar surface area (TPSA) is 89.6 Å². The minimum Gasteiger partial charge on any atom is -0.408 e. The Labute approximate surface area is 204 Å². The minimum atomic E-state index is -0.475. The van der Waals surface area contributed by atoms with Crippen LogP contribution < -0.4 is 10.1 Å². The summed E-state index contributed by atoms with van der Waals surface area (Å²) in [6, 6.07) is 13.6. The maximum atomic E-state index is 12.9. The average molecular weight is 475 g/mol. The van der Waals surface area contributed by atoms with E-state index in [9.17, 15) is 9.59 Å². The average Bonchev–Trinajstić information content (AvgIpc) is 3.42. The molecule has 8 heteroatoms. The highest BCUT2D eigenvalue weighted by Gasteiger charge is 2.21. The normalized spacial score (nSPS) is 11.0. The van der Waals surface area contributed by atoms with E-state index >= 15 is 0 Å². The number of nitrogens with one attached hydrogen (secondary N) is 1. The Hall–Kier alpha value is -4.07. The lowest BCUT2D eigenvalue weighted by Gasteiger charge is -2.19. The van der Waals surface area contributed by atoms with Crippen molar-refractivity contribution in [3.63, 3.8) is 0 Å². The molecule has 0 spiro atoms. The molecule has 8 nitrogen and oxygen atoms in total. The highest BCUT2D eigenvalue weighted by atomic mass is 16.6. The predicted octanol–water partition coefficient (Wildman–Crippen LogP) is 5.70. The van der Waals surface area contributed by atoms with E-state index in [0.29, 0.717) is 31.1 Å². The summed E-state index contributed by atoms with van der Waals surface area (Å²) in [5.41, 5.74) is 5.05. The van der Waals surface area contributed by atoms with Crippen molar-refractivity contribution in [2.24, 2.45) is 0 Å². The summed E-state index contributed by atoms with van der Waals surface area (Å²) in [7, 11) is 0. The number of aromatic nitrogens is 2. The van der Waals surface area contributed by atoms with Crippen molar-refractivity contribution in [1.82, 2.24) is 14.6 Å². The third kappa shape index (κ3) is 5.21.